The van der Waals surface area contributed by atoms with E-state index in [0.717, 1.165) is 48.7 Å². The van der Waals surface area contributed by atoms with Crippen molar-refractivity contribution in [3.63, 3.8) is 0 Å². The highest BCUT2D eigenvalue weighted by Crippen LogP contribution is 2.29. The standard InChI is InChI=1S/C33H49NO6Si/c1-8-41(9-2,10-3)40-30(24-38-29-17-12-11-13-18-29)23-34(32(36)39-33(4,5)6)28-16-14-15-25-19-20-26(31(35)37-7)21-27(25)22-28/h11-13,17-21,28,30H,8-10,14-16,22-24H2,1-7H3/t28?,30-/m0/s1. The molecule has 0 aliphatic heterocycles. The monoisotopic (exact) mass is 583 g/mol. The van der Waals surface area contributed by atoms with Crippen molar-refractivity contribution in [1.82, 2.24) is 4.90 Å². The molecular formula is C33H49NO6Si. The van der Waals surface area contributed by atoms with Crippen LogP contribution >= 0.6 is 0 Å². The fraction of sp³-hybridized carbons (Fsp3) is 0.576. The first-order valence-electron chi connectivity index (χ1n) is 15.1. The first-order valence-corrected chi connectivity index (χ1v) is 17.6. The lowest BCUT2D eigenvalue weighted by Gasteiger charge is -2.39. The van der Waals surface area contributed by atoms with Gasteiger partial charge in [-0.25, -0.2) is 9.59 Å². The highest BCUT2D eigenvalue weighted by atomic mass is 28.4. The molecule has 0 N–H and O–H groups in total. The summed E-state index contributed by atoms with van der Waals surface area (Å²) in [5.74, 6) is 0.421. The lowest BCUT2D eigenvalue weighted by molar-refractivity contribution is -0.000490. The Labute approximate surface area is 247 Å². The van der Waals surface area contributed by atoms with Crippen LogP contribution in [0.3, 0.4) is 0 Å². The Morgan fingerprint density at radius 3 is 2.29 bits per heavy atom. The van der Waals surface area contributed by atoms with Crippen LogP contribution in [0.5, 0.6) is 5.75 Å². The molecule has 2 atom stereocenters. The molecule has 1 aliphatic carbocycles. The average molecular weight is 584 g/mol. The molecule has 0 fully saturated rings. The van der Waals surface area contributed by atoms with Gasteiger partial charge in [-0.2, -0.15) is 0 Å². The highest BCUT2D eigenvalue weighted by molar-refractivity contribution is 6.73. The number of esters is 1. The predicted octanol–water partition coefficient (Wildman–Crippen LogP) is 7.43. The summed E-state index contributed by atoms with van der Waals surface area (Å²) < 4.78 is 24.1. The number of rotatable bonds is 12. The molecule has 0 aromatic heterocycles. The van der Waals surface area contributed by atoms with E-state index in [1.807, 2.05) is 74.2 Å². The Hall–Kier alpha value is -2.84. The van der Waals surface area contributed by atoms with E-state index in [4.69, 9.17) is 18.6 Å². The number of nitrogens with zero attached hydrogens (tertiary/aromatic N) is 1. The minimum atomic E-state index is -2.02. The van der Waals surface area contributed by atoms with Gasteiger partial charge in [0.25, 0.3) is 0 Å². The Morgan fingerprint density at radius 2 is 1.68 bits per heavy atom. The Balaban J connectivity index is 1.95. The van der Waals surface area contributed by atoms with E-state index in [1.54, 1.807) is 0 Å². The molecule has 226 valence electrons. The number of methoxy groups -OCH3 is 1. The molecule has 1 amide bonds. The number of fused-ring (bicyclic) bond motifs is 1. The number of aryl methyl sites for hydroxylation is 1. The van der Waals surface area contributed by atoms with Crippen LogP contribution in [0, 0.1) is 0 Å². The van der Waals surface area contributed by atoms with Gasteiger partial charge in [0, 0.05) is 6.04 Å². The number of carbonyl (C=O) groups is 2. The maximum absolute atomic E-state index is 13.8. The molecule has 0 radical (unpaired) electrons. The molecule has 41 heavy (non-hydrogen) atoms. The lowest BCUT2D eigenvalue weighted by atomic mass is 9.98. The maximum atomic E-state index is 13.8. The van der Waals surface area contributed by atoms with Gasteiger partial charge < -0.3 is 23.5 Å². The molecule has 0 saturated heterocycles. The summed E-state index contributed by atoms with van der Waals surface area (Å²) in [5, 5.41) is 0. The first-order chi connectivity index (χ1) is 19.5. The minimum Gasteiger partial charge on any atom is -0.491 e. The van der Waals surface area contributed by atoms with E-state index >= 15 is 0 Å². The van der Waals surface area contributed by atoms with Crippen LogP contribution in [0.1, 0.15) is 75.9 Å². The smallest absolute Gasteiger partial charge is 0.410 e. The number of para-hydroxylation sites is 1. The molecule has 3 rings (SSSR count). The van der Waals surface area contributed by atoms with Crippen molar-refractivity contribution in [3.8, 4) is 5.75 Å². The zero-order chi connectivity index (χ0) is 30.0. The summed E-state index contributed by atoms with van der Waals surface area (Å²) in [6.07, 6.45) is 2.62. The van der Waals surface area contributed by atoms with Crippen molar-refractivity contribution in [3.05, 3.63) is 65.2 Å². The van der Waals surface area contributed by atoms with Crippen LogP contribution in [-0.4, -0.2) is 63.3 Å². The van der Waals surface area contributed by atoms with Crippen molar-refractivity contribution >= 4 is 20.4 Å². The van der Waals surface area contributed by atoms with Crippen molar-refractivity contribution in [2.24, 2.45) is 0 Å². The molecule has 8 heteroatoms. The molecule has 2 aromatic rings. The van der Waals surface area contributed by atoms with Crippen molar-refractivity contribution < 1.29 is 28.2 Å². The van der Waals surface area contributed by atoms with Crippen LogP contribution in [0.25, 0.3) is 0 Å². The molecule has 0 bridgehead atoms. The molecule has 7 nitrogen and oxygen atoms in total. The number of amides is 1. The van der Waals surface area contributed by atoms with E-state index in [9.17, 15) is 9.59 Å². The zero-order valence-electron chi connectivity index (χ0n) is 26.0. The summed E-state index contributed by atoms with van der Waals surface area (Å²) in [7, 11) is -0.625. The van der Waals surface area contributed by atoms with Crippen molar-refractivity contribution in [2.75, 3.05) is 20.3 Å². The van der Waals surface area contributed by atoms with Crippen LogP contribution < -0.4 is 4.74 Å². The van der Waals surface area contributed by atoms with E-state index in [1.165, 1.54) is 12.7 Å². The Kier molecular flexibility index (Phi) is 11.8. The van der Waals surface area contributed by atoms with Gasteiger partial charge in [0.1, 0.15) is 18.0 Å². The van der Waals surface area contributed by atoms with Gasteiger partial charge in [-0.15, -0.1) is 0 Å². The Morgan fingerprint density at radius 1 is 1.00 bits per heavy atom. The van der Waals surface area contributed by atoms with Gasteiger partial charge in [-0.1, -0.05) is 45.0 Å². The van der Waals surface area contributed by atoms with Crippen LogP contribution in [0.15, 0.2) is 48.5 Å². The highest BCUT2D eigenvalue weighted by Gasteiger charge is 2.37. The van der Waals surface area contributed by atoms with Gasteiger partial charge >= 0.3 is 12.1 Å². The molecule has 2 aromatic carbocycles. The first kappa shape index (κ1) is 32.7. The molecule has 0 spiro atoms. The topological polar surface area (TPSA) is 74.3 Å². The fourth-order valence-corrected chi connectivity index (χ4v) is 8.40. The minimum absolute atomic E-state index is 0.109. The number of ether oxygens (including phenoxy) is 3. The second-order valence-corrected chi connectivity index (χ2v) is 16.7. The van der Waals surface area contributed by atoms with E-state index in [2.05, 4.69) is 20.8 Å². The van der Waals surface area contributed by atoms with E-state index in [-0.39, 0.29) is 24.2 Å². The lowest BCUT2D eigenvalue weighted by Crippen LogP contribution is -2.52. The van der Waals surface area contributed by atoms with E-state index in [0.29, 0.717) is 25.1 Å². The SMILES string of the molecule is CC[Si](CC)(CC)O[C@H](COc1ccccc1)CN(C(=O)OC(C)(C)C)C1CCCc2ccc(C(=O)OC)cc2C1. The summed E-state index contributed by atoms with van der Waals surface area (Å²) in [6.45, 7) is 13.0. The molecule has 1 aliphatic rings. The van der Waals surface area contributed by atoms with Gasteiger partial charge in [0.05, 0.1) is 25.3 Å². The molecular weight excluding hydrogens is 534 g/mol. The van der Waals surface area contributed by atoms with E-state index < -0.39 is 13.9 Å². The predicted molar refractivity (Wildman–Crippen MR) is 165 cm³/mol. The second kappa shape index (κ2) is 14.9. The fourth-order valence-electron chi connectivity index (χ4n) is 5.55. The number of benzene rings is 2. The van der Waals surface area contributed by atoms with Crippen molar-refractivity contribution in [1.29, 1.82) is 0 Å². The van der Waals surface area contributed by atoms with Gasteiger partial charge in [0.15, 0.2) is 8.32 Å². The number of hydrogen-bond acceptors (Lipinski definition) is 6. The van der Waals surface area contributed by atoms with Crippen LogP contribution in [0.4, 0.5) is 4.79 Å². The average Bonchev–Trinajstić information content (AvgIpc) is 3.18. The zero-order valence-corrected chi connectivity index (χ0v) is 27.0. The van der Waals surface area contributed by atoms with Crippen molar-refractivity contribution in [2.45, 2.75) is 103 Å². The third-order valence-electron chi connectivity index (χ3n) is 8.06. The van der Waals surface area contributed by atoms with Gasteiger partial charge in [-0.05, 0) is 100.0 Å². The molecule has 0 saturated carbocycles. The largest absolute Gasteiger partial charge is 0.491 e. The summed E-state index contributed by atoms with van der Waals surface area (Å²) >= 11 is 0. The second-order valence-electron chi connectivity index (χ2n) is 12.0. The Bertz CT molecular complexity index is 1120. The molecule has 0 heterocycles. The number of carbonyl (C=O) groups excluding carboxylic acids is 2. The quantitative estimate of drug-likeness (QED) is 0.147. The summed E-state index contributed by atoms with van der Waals surface area (Å²) in [4.78, 5) is 28.0. The normalized spacial score (nSPS) is 16.2. The molecule has 1 unspecified atom stereocenters. The maximum Gasteiger partial charge on any atom is 0.410 e. The third kappa shape index (κ3) is 9.33. The third-order valence-corrected chi connectivity index (χ3v) is 12.8. The van der Waals surface area contributed by atoms with Crippen LogP contribution in [-0.2, 0) is 26.7 Å². The summed E-state index contributed by atoms with van der Waals surface area (Å²) in [6, 6.07) is 18.4. The van der Waals surface area contributed by atoms with Gasteiger partial charge in [0.2, 0.25) is 0 Å². The summed E-state index contributed by atoms with van der Waals surface area (Å²) in [5.41, 5.74) is 2.17. The van der Waals surface area contributed by atoms with Crippen LogP contribution in [0.2, 0.25) is 18.1 Å². The van der Waals surface area contributed by atoms with Gasteiger partial charge in [-0.3, -0.25) is 0 Å². The number of hydrogen-bond donors (Lipinski definition) is 0.